The topological polar surface area (TPSA) is 63.4 Å². The molecule has 0 N–H and O–H groups in total. The van der Waals surface area contributed by atoms with Gasteiger partial charge in [0.1, 0.15) is 5.69 Å². The van der Waals surface area contributed by atoms with E-state index in [-0.39, 0.29) is 5.91 Å². The smallest absolute Gasteiger partial charge is 0.267 e. The van der Waals surface area contributed by atoms with Gasteiger partial charge in [0, 0.05) is 29.7 Å². The Hall–Kier alpha value is -4.32. The molecule has 0 atom stereocenters. The zero-order valence-electron chi connectivity index (χ0n) is 16.9. The van der Waals surface area contributed by atoms with Gasteiger partial charge >= 0.3 is 0 Å². The molecule has 2 aromatic heterocycles. The molecule has 1 amide bonds. The van der Waals surface area contributed by atoms with E-state index in [1.54, 1.807) is 12.4 Å². The predicted octanol–water partition coefficient (Wildman–Crippen LogP) is 4.74. The number of carbonyl (C=O) groups excluding carboxylic acids is 1. The van der Waals surface area contributed by atoms with Crippen LogP contribution >= 0.6 is 0 Å². The number of amides is 1. The summed E-state index contributed by atoms with van der Waals surface area (Å²) in [6.07, 6.45) is 7.27. The van der Waals surface area contributed by atoms with Crippen LogP contribution in [0.25, 0.3) is 23.0 Å². The number of para-hydroxylation sites is 2. The number of pyridine rings is 1. The van der Waals surface area contributed by atoms with Gasteiger partial charge in [-0.1, -0.05) is 36.4 Å². The lowest BCUT2D eigenvalue weighted by Crippen LogP contribution is -2.21. The highest BCUT2D eigenvalue weighted by atomic mass is 16.2. The Balaban J connectivity index is 1.60. The van der Waals surface area contributed by atoms with Crippen LogP contribution in [-0.2, 0) is 4.79 Å². The Morgan fingerprint density at radius 3 is 2.16 bits per heavy atom. The van der Waals surface area contributed by atoms with Crippen molar-refractivity contribution in [1.29, 1.82) is 0 Å². The summed E-state index contributed by atoms with van der Waals surface area (Å²) in [5, 5.41) is 10.7. The highest BCUT2D eigenvalue weighted by Crippen LogP contribution is 2.29. The fraction of sp³-hybridized carbons (Fsp3) is 0.0400. The molecule has 31 heavy (non-hydrogen) atoms. The van der Waals surface area contributed by atoms with Gasteiger partial charge in [-0.3, -0.25) is 9.78 Å². The van der Waals surface area contributed by atoms with Crippen LogP contribution in [0.3, 0.4) is 0 Å². The normalized spacial score (nSPS) is 14.9. The molecule has 0 spiro atoms. The first-order valence-electron chi connectivity index (χ1n) is 9.93. The summed E-state index contributed by atoms with van der Waals surface area (Å²) in [4.78, 5) is 17.3. The van der Waals surface area contributed by atoms with Gasteiger partial charge in [0.2, 0.25) is 0 Å². The molecular formula is C25H19N5O. The van der Waals surface area contributed by atoms with Crippen molar-refractivity contribution >= 4 is 23.4 Å². The number of anilines is 1. The third-order valence-corrected chi connectivity index (χ3v) is 5.08. The summed E-state index contributed by atoms with van der Waals surface area (Å²) < 4.78 is 1.82. The van der Waals surface area contributed by atoms with E-state index in [0.29, 0.717) is 11.3 Å². The number of aromatic nitrogens is 3. The van der Waals surface area contributed by atoms with E-state index in [4.69, 9.17) is 5.10 Å². The molecule has 150 valence electrons. The molecule has 1 aliphatic heterocycles. The fourth-order valence-corrected chi connectivity index (χ4v) is 3.52. The maximum Gasteiger partial charge on any atom is 0.280 e. The van der Waals surface area contributed by atoms with Gasteiger partial charge in [-0.15, -0.1) is 0 Å². The second kappa shape index (κ2) is 7.84. The quantitative estimate of drug-likeness (QED) is 0.461. The lowest BCUT2D eigenvalue weighted by atomic mass is 10.0. The molecule has 0 unspecified atom stereocenters. The van der Waals surface area contributed by atoms with Crippen LogP contribution in [0.15, 0.2) is 102 Å². The zero-order chi connectivity index (χ0) is 21.2. The molecule has 0 fully saturated rings. The minimum Gasteiger partial charge on any atom is -0.267 e. The molecule has 6 heteroatoms. The van der Waals surface area contributed by atoms with Crippen molar-refractivity contribution in [2.75, 3.05) is 5.01 Å². The van der Waals surface area contributed by atoms with Crippen molar-refractivity contribution in [2.24, 2.45) is 5.10 Å². The molecule has 0 aliphatic carbocycles. The van der Waals surface area contributed by atoms with Gasteiger partial charge in [-0.2, -0.15) is 15.2 Å². The highest BCUT2D eigenvalue weighted by Gasteiger charge is 2.29. The Morgan fingerprint density at radius 1 is 0.839 bits per heavy atom. The summed E-state index contributed by atoms with van der Waals surface area (Å²) in [7, 11) is 0. The molecule has 0 saturated carbocycles. The number of hydrazone groups is 1. The van der Waals surface area contributed by atoms with Crippen LogP contribution in [0.1, 0.15) is 12.5 Å². The molecular weight excluding hydrogens is 386 g/mol. The third kappa shape index (κ3) is 3.55. The van der Waals surface area contributed by atoms with Gasteiger partial charge in [0.25, 0.3) is 5.91 Å². The van der Waals surface area contributed by atoms with Gasteiger partial charge < -0.3 is 0 Å². The van der Waals surface area contributed by atoms with Gasteiger partial charge in [-0.05, 0) is 49.4 Å². The van der Waals surface area contributed by atoms with Crippen LogP contribution < -0.4 is 5.01 Å². The van der Waals surface area contributed by atoms with E-state index in [9.17, 15) is 4.79 Å². The molecule has 1 aliphatic rings. The van der Waals surface area contributed by atoms with Crippen LogP contribution in [0.5, 0.6) is 0 Å². The van der Waals surface area contributed by atoms with Crippen molar-refractivity contribution in [3.8, 4) is 16.9 Å². The van der Waals surface area contributed by atoms with E-state index in [1.165, 1.54) is 5.01 Å². The van der Waals surface area contributed by atoms with Crippen molar-refractivity contribution < 1.29 is 4.79 Å². The van der Waals surface area contributed by atoms with Crippen molar-refractivity contribution in [1.82, 2.24) is 14.8 Å². The van der Waals surface area contributed by atoms with E-state index >= 15 is 0 Å². The molecule has 0 radical (unpaired) electrons. The molecule has 4 aromatic rings. The van der Waals surface area contributed by atoms with Crippen LogP contribution in [0.4, 0.5) is 5.69 Å². The Labute approximate surface area is 179 Å². The van der Waals surface area contributed by atoms with E-state index < -0.39 is 0 Å². The number of hydrogen-bond donors (Lipinski definition) is 0. The maximum absolute atomic E-state index is 13.2. The van der Waals surface area contributed by atoms with Crippen molar-refractivity contribution in [2.45, 2.75) is 6.92 Å². The average molecular weight is 405 g/mol. The second-order valence-corrected chi connectivity index (χ2v) is 7.14. The molecule has 0 bridgehead atoms. The van der Waals surface area contributed by atoms with Gasteiger partial charge in [-0.25, -0.2) is 4.68 Å². The minimum absolute atomic E-state index is 0.156. The first kappa shape index (κ1) is 18.7. The molecule has 0 saturated heterocycles. The summed E-state index contributed by atoms with van der Waals surface area (Å²) >= 11 is 0. The monoisotopic (exact) mass is 405 g/mol. The first-order valence-corrected chi connectivity index (χ1v) is 9.93. The number of benzene rings is 2. The third-order valence-electron chi connectivity index (χ3n) is 5.08. The number of hydrogen-bond acceptors (Lipinski definition) is 4. The lowest BCUT2D eigenvalue weighted by Gasteiger charge is -2.11. The molecule has 5 rings (SSSR count). The molecule has 6 nitrogen and oxygen atoms in total. The van der Waals surface area contributed by atoms with Crippen molar-refractivity contribution in [3.05, 3.63) is 103 Å². The highest BCUT2D eigenvalue weighted by molar-refractivity contribution is 6.32. The summed E-state index contributed by atoms with van der Waals surface area (Å²) in [5.74, 6) is -0.156. The molecule has 3 heterocycles. The SMILES string of the molecule is CC1=NN(c2ccccc2)C(=O)/C1=C\c1cn(-c2ccccc2)nc1-c1ccncc1. The Kier molecular flexibility index (Phi) is 4.72. The average Bonchev–Trinajstić information content (AvgIpc) is 3.37. The maximum atomic E-state index is 13.2. The second-order valence-electron chi connectivity index (χ2n) is 7.14. The molecule has 2 aromatic carbocycles. The fourth-order valence-electron chi connectivity index (χ4n) is 3.52. The summed E-state index contributed by atoms with van der Waals surface area (Å²) in [5.41, 5.74) is 5.44. The minimum atomic E-state index is -0.156. The number of carbonyl (C=O) groups is 1. The van der Waals surface area contributed by atoms with E-state index in [2.05, 4.69) is 10.1 Å². The largest absolute Gasteiger partial charge is 0.280 e. The zero-order valence-corrected chi connectivity index (χ0v) is 16.9. The Morgan fingerprint density at radius 2 is 1.48 bits per heavy atom. The summed E-state index contributed by atoms with van der Waals surface area (Å²) in [6.45, 7) is 1.85. The van der Waals surface area contributed by atoms with Crippen molar-refractivity contribution in [3.63, 3.8) is 0 Å². The summed E-state index contributed by atoms with van der Waals surface area (Å²) in [6, 6.07) is 23.1. The van der Waals surface area contributed by atoms with E-state index in [1.807, 2.05) is 96.7 Å². The Bertz CT molecular complexity index is 1290. The predicted molar refractivity (Wildman–Crippen MR) is 122 cm³/mol. The first-order chi connectivity index (χ1) is 15.2. The standard InChI is InChI=1S/C25H19N5O/c1-18-23(25(31)30(27-18)22-10-6-3-7-11-22)16-20-17-29(21-8-4-2-5-9-21)28-24(20)19-12-14-26-15-13-19/h2-17H,1H3/b23-16-. The number of rotatable bonds is 4. The van der Waals surface area contributed by atoms with Crippen LogP contribution in [0, 0.1) is 0 Å². The van der Waals surface area contributed by atoms with Gasteiger partial charge in [0.05, 0.1) is 22.7 Å². The van der Waals surface area contributed by atoms with Gasteiger partial charge in [0.15, 0.2) is 0 Å². The van der Waals surface area contributed by atoms with Crippen LogP contribution in [0.2, 0.25) is 0 Å². The number of nitrogens with zero attached hydrogens (tertiary/aromatic N) is 5. The lowest BCUT2D eigenvalue weighted by molar-refractivity contribution is -0.114. The van der Waals surface area contributed by atoms with Crippen LogP contribution in [-0.4, -0.2) is 26.4 Å². The van der Waals surface area contributed by atoms with E-state index in [0.717, 1.165) is 28.2 Å².